The van der Waals surface area contributed by atoms with Gasteiger partial charge in [-0.2, -0.15) is 13.4 Å². The van der Waals surface area contributed by atoms with E-state index in [0.717, 1.165) is 17.7 Å². The number of rotatable bonds is 14. The first kappa shape index (κ1) is 31.4. The number of hydrogen-bond acceptors (Lipinski definition) is 10. The molecule has 2 atom stereocenters. The zero-order valence-corrected chi connectivity index (χ0v) is 23.8. The predicted molar refractivity (Wildman–Crippen MR) is 153 cm³/mol. The minimum atomic E-state index is -4.81. The van der Waals surface area contributed by atoms with Crippen LogP contribution in [-0.2, 0) is 37.5 Å². The second-order valence-electron chi connectivity index (χ2n) is 9.81. The largest absolute Gasteiger partial charge is 0.378 e. The molecular formula is C25H31FN10O6S. The number of carbonyl (C=O) groups is 2. The number of nitrogens with one attached hydrogen (secondary N) is 4. The molecule has 43 heavy (non-hydrogen) atoms. The molecule has 1 aromatic carbocycles. The number of carbonyl (C=O) groups excluding carboxylic acids is 2. The van der Waals surface area contributed by atoms with Gasteiger partial charge >= 0.3 is 10.2 Å². The molecule has 3 heterocycles. The van der Waals surface area contributed by atoms with Crippen molar-refractivity contribution in [2.24, 2.45) is 5.11 Å². The second-order valence-corrected chi connectivity index (χ2v) is 11.2. The van der Waals surface area contributed by atoms with E-state index in [2.05, 4.69) is 35.6 Å². The van der Waals surface area contributed by atoms with Crippen molar-refractivity contribution < 1.29 is 26.6 Å². The number of nitrogen functional groups attached to an aromatic ring is 1. The molecule has 1 saturated heterocycles. The number of benzene rings is 1. The lowest BCUT2D eigenvalue weighted by molar-refractivity contribution is -0.138. The molecule has 0 bridgehead atoms. The Kier molecular flexibility index (Phi) is 10.3. The van der Waals surface area contributed by atoms with Crippen LogP contribution < -0.4 is 21.9 Å². The third kappa shape index (κ3) is 8.29. The van der Waals surface area contributed by atoms with Crippen molar-refractivity contribution in [2.45, 2.75) is 42.8 Å². The van der Waals surface area contributed by atoms with Crippen LogP contribution in [0.5, 0.6) is 0 Å². The van der Waals surface area contributed by atoms with Gasteiger partial charge in [0, 0.05) is 43.7 Å². The maximum atomic E-state index is 13.1. The number of likely N-dealkylation sites (tertiary alicyclic amines) is 1. The Hall–Kier alpha value is -4.51. The van der Waals surface area contributed by atoms with E-state index in [1.165, 1.54) is 17.0 Å². The fourth-order valence-electron chi connectivity index (χ4n) is 4.80. The number of nitrogens with two attached hydrogens (primary N) is 1. The Morgan fingerprint density at radius 3 is 2.72 bits per heavy atom. The average molecular weight is 619 g/mol. The van der Waals surface area contributed by atoms with Crippen LogP contribution in [0.3, 0.4) is 0 Å². The Morgan fingerprint density at radius 2 is 2.00 bits per heavy atom. The van der Waals surface area contributed by atoms with Crippen molar-refractivity contribution in [3.63, 3.8) is 0 Å². The van der Waals surface area contributed by atoms with Gasteiger partial charge in [0.15, 0.2) is 0 Å². The number of halogens is 1. The van der Waals surface area contributed by atoms with Crippen LogP contribution in [0.25, 0.3) is 21.5 Å². The van der Waals surface area contributed by atoms with E-state index in [0.29, 0.717) is 36.3 Å². The van der Waals surface area contributed by atoms with Gasteiger partial charge in [-0.1, -0.05) is 17.2 Å². The van der Waals surface area contributed by atoms with Gasteiger partial charge in [0.2, 0.25) is 17.8 Å². The third-order valence-corrected chi connectivity index (χ3v) is 7.71. The normalized spacial score (nSPS) is 16.7. The van der Waals surface area contributed by atoms with Crippen molar-refractivity contribution in [2.75, 3.05) is 38.6 Å². The monoisotopic (exact) mass is 618 g/mol. The summed E-state index contributed by atoms with van der Waals surface area (Å²) < 4.78 is 40.6. The summed E-state index contributed by atoms with van der Waals surface area (Å²) >= 11 is 0. The molecule has 0 aliphatic carbocycles. The van der Waals surface area contributed by atoms with Gasteiger partial charge in [-0.15, -0.1) is 3.89 Å². The van der Waals surface area contributed by atoms with Crippen molar-refractivity contribution in [3.05, 3.63) is 62.4 Å². The lowest BCUT2D eigenvalue weighted by Crippen LogP contribution is -2.46. The van der Waals surface area contributed by atoms with E-state index >= 15 is 0 Å². The third-order valence-electron chi connectivity index (χ3n) is 6.88. The van der Waals surface area contributed by atoms with Gasteiger partial charge in [0.05, 0.1) is 29.5 Å². The number of ether oxygens (including phenoxy) is 1. The van der Waals surface area contributed by atoms with Gasteiger partial charge in [-0.25, -0.2) is 0 Å². The highest BCUT2D eigenvalue weighted by atomic mass is 32.3. The molecule has 1 fully saturated rings. The van der Waals surface area contributed by atoms with Crippen LogP contribution in [0.15, 0.2) is 45.3 Å². The quantitative estimate of drug-likeness (QED) is 0.0558. The molecule has 230 valence electrons. The van der Waals surface area contributed by atoms with Crippen molar-refractivity contribution in [1.29, 1.82) is 0 Å². The molecule has 0 radical (unpaired) electrons. The fraction of sp³-hybridized carbons (Fsp3) is 0.440. The molecule has 16 nitrogen and oxygen atoms in total. The second kappa shape index (κ2) is 14.1. The van der Waals surface area contributed by atoms with Crippen molar-refractivity contribution in [3.8, 4) is 0 Å². The summed E-state index contributed by atoms with van der Waals surface area (Å²) in [5.41, 5.74) is 15.8. The van der Waals surface area contributed by atoms with Crippen LogP contribution in [-0.4, -0.2) is 85.0 Å². The zero-order chi connectivity index (χ0) is 31.0. The van der Waals surface area contributed by atoms with Gasteiger partial charge in [0.1, 0.15) is 11.7 Å². The van der Waals surface area contributed by atoms with Crippen molar-refractivity contribution in [1.82, 2.24) is 30.5 Å². The van der Waals surface area contributed by atoms with Crippen LogP contribution in [0, 0.1) is 0 Å². The summed E-state index contributed by atoms with van der Waals surface area (Å²) in [5, 5.41) is 10.0. The fourth-order valence-corrected chi connectivity index (χ4v) is 5.26. The molecule has 18 heteroatoms. The van der Waals surface area contributed by atoms with Gasteiger partial charge in [0.25, 0.3) is 5.56 Å². The van der Waals surface area contributed by atoms with Gasteiger partial charge in [-0.05, 0) is 41.6 Å². The molecule has 4 rings (SSSR count). The maximum absolute atomic E-state index is 13.1. The molecule has 1 aliphatic heterocycles. The Morgan fingerprint density at radius 1 is 1.26 bits per heavy atom. The number of fused-ring (bicyclic) bond motifs is 1. The Bertz CT molecular complexity index is 1670. The maximum Gasteiger partial charge on any atom is 0.332 e. The minimum Gasteiger partial charge on any atom is -0.378 e. The summed E-state index contributed by atoms with van der Waals surface area (Å²) in [4.78, 5) is 51.1. The van der Waals surface area contributed by atoms with Crippen LogP contribution in [0.4, 0.5) is 9.83 Å². The average Bonchev–Trinajstić information content (AvgIpc) is 3.57. The molecular weight excluding hydrogens is 587 g/mol. The molecule has 0 saturated carbocycles. The van der Waals surface area contributed by atoms with Gasteiger partial charge in [-0.3, -0.25) is 19.4 Å². The number of aryl methyl sites for hydroxylation is 1. The van der Waals surface area contributed by atoms with Crippen LogP contribution in [0.1, 0.15) is 24.0 Å². The highest BCUT2D eigenvalue weighted by molar-refractivity contribution is 7.86. The lowest BCUT2D eigenvalue weighted by Gasteiger charge is -2.24. The van der Waals surface area contributed by atoms with Crippen LogP contribution >= 0.6 is 0 Å². The van der Waals surface area contributed by atoms with Gasteiger partial charge < -0.3 is 31.0 Å². The zero-order valence-electron chi connectivity index (χ0n) is 23.0. The molecule has 6 N–H and O–H groups in total. The van der Waals surface area contributed by atoms with E-state index in [-0.39, 0.29) is 56.4 Å². The molecule has 0 spiro atoms. The summed E-state index contributed by atoms with van der Waals surface area (Å²) in [6.07, 6.45) is 2.11. The first-order valence-electron chi connectivity index (χ1n) is 13.4. The first-order chi connectivity index (χ1) is 20.6. The highest BCUT2D eigenvalue weighted by Gasteiger charge is 2.38. The number of azide groups is 1. The summed E-state index contributed by atoms with van der Waals surface area (Å²) in [7, 11) is -4.81. The number of aromatic amines is 2. The first-order valence-corrected chi connectivity index (χ1v) is 14.7. The Balaban J connectivity index is 1.19. The molecule has 3 aromatic rings. The number of hydrogen-bond donors (Lipinski definition) is 5. The number of H-pyrrole nitrogens is 2. The highest BCUT2D eigenvalue weighted by Crippen LogP contribution is 2.23. The number of nitrogens with zero attached hydrogens (tertiary/aromatic N) is 5. The standard InChI is InChI=1S/C25H31FN10O6S/c26-43(40,41)18-4-1-15(2-5-18)3-6-20(37)36-14-17(34-35-28)11-19(36)23(38)30-8-10-42-9-7-29-12-16-13-31-22-21(16)24(39)33-25(27)32-22/h1-2,4-5,13,17,19,29H,3,6-12,14H2,(H,30,38)(H4,27,31,32,33,39)/t17?,19-/m0/s1. The van der Waals surface area contributed by atoms with E-state index in [9.17, 15) is 26.7 Å². The Labute approximate surface area is 245 Å². The van der Waals surface area contributed by atoms with E-state index in [4.69, 9.17) is 16.0 Å². The predicted octanol–water partition coefficient (Wildman–Crippen LogP) is 0.627. The molecule has 1 aliphatic rings. The smallest absolute Gasteiger partial charge is 0.332 e. The summed E-state index contributed by atoms with van der Waals surface area (Å²) in [6, 6.07) is 3.71. The number of amides is 2. The summed E-state index contributed by atoms with van der Waals surface area (Å²) in [5.74, 6) is -0.707. The SMILES string of the molecule is [N-]=[N+]=NC1C[C@@H](C(=O)NCCOCCNCc2c[nH]c3nc(N)[nH]c(=O)c23)N(C(=O)CCc2ccc(S(=O)(=O)F)cc2)C1. The van der Waals surface area contributed by atoms with E-state index < -0.39 is 33.1 Å². The molecule has 1 unspecified atom stereocenters. The molecule has 2 aromatic heterocycles. The molecule has 2 amide bonds. The topological polar surface area (TPSA) is 241 Å². The van der Waals surface area contributed by atoms with E-state index in [1.54, 1.807) is 6.20 Å². The van der Waals surface area contributed by atoms with Crippen molar-refractivity contribution >= 4 is 39.0 Å². The number of aromatic nitrogens is 3. The lowest BCUT2D eigenvalue weighted by atomic mass is 10.1. The number of anilines is 1. The summed E-state index contributed by atoms with van der Waals surface area (Å²) in [6.45, 7) is 1.72. The van der Waals surface area contributed by atoms with E-state index in [1.807, 2.05) is 0 Å². The minimum absolute atomic E-state index is 0.0160. The van der Waals surface area contributed by atoms with Crippen LogP contribution in [0.2, 0.25) is 0 Å².